The van der Waals surface area contributed by atoms with Crippen molar-refractivity contribution in [3.05, 3.63) is 80.9 Å². The highest BCUT2D eigenvalue weighted by Crippen LogP contribution is 2.33. The summed E-state index contributed by atoms with van der Waals surface area (Å²) < 4.78 is 13.0. The zero-order valence-electron chi connectivity index (χ0n) is 14.2. The number of hydrogen-bond donors (Lipinski definition) is 2. The van der Waals surface area contributed by atoms with Gasteiger partial charge in [-0.05, 0) is 42.3 Å². The van der Waals surface area contributed by atoms with E-state index < -0.39 is 4.92 Å². The summed E-state index contributed by atoms with van der Waals surface area (Å²) in [4.78, 5) is 19.0. The maximum absolute atomic E-state index is 13.0. The van der Waals surface area contributed by atoms with Crippen molar-refractivity contribution in [3.63, 3.8) is 0 Å². The topological polar surface area (TPSA) is 93.0 Å². The maximum atomic E-state index is 13.0. The fourth-order valence-corrected chi connectivity index (χ4v) is 2.59. The molecule has 1 aromatic heterocycles. The monoisotopic (exact) mass is 387 g/mol. The molecule has 0 spiro atoms. The molecule has 27 heavy (non-hydrogen) atoms. The van der Waals surface area contributed by atoms with Gasteiger partial charge in [0.05, 0.1) is 4.92 Å². The van der Waals surface area contributed by atoms with E-state index in [2.05, 4.69) is 20.6 Å². The Kier molecular flexibility index (Phi) is 5.46. The van der Waals surface area contributed by atoms with E-state index in [-0.39, 0.29) is 29.7 Å². The van der Waals surface area contributed by atoms with Gasteiger partial charge in [-0.3, -0.25) is 10.1 Å². The van der Waals surface area contributed by atoms with Gasteiger partial charge in [-0.15, -0.1) is 0 Å². The van der Waals surface area contributed by atoms with Gasteiger partial charge in [0.25, 0.3) is 0 Å². The van der Waals surface area contributed by atoms with Crippen molar-refractivity contribution < 1.29 is 9.31 Å². The predicted molar refractivity (Wildman–Crippen MR) is 102 cm³/mol. The summed E-state index contributed by atoms with van der Waals surface area (Å²) in [6.07, 6.45) is 1.22. The molecule has 0 aliphatic carbocycles. The fraction of sp³-hybridized carbons (Fsp3) is 0.111. The molecule has 3 aromatic rings. The smallest absolute Gasteiger partial charge is 0.353 e. The van der Waals surface area contributed by atoms with Crippen LogP contribution in [0.5, 0.6) is 0 Å². The number of nitrogens with zero attached hydrogens (tertiary/aromatic N) is 3. The van der Waals surface area contributed by atoms with Crippen LogP contribution in [0.1, 0.15) is 11.1 Å². The normalized spacial score (nSPS) is 10.5. The van der Waals surface area contributed by atoms with Crippen molar-refractivity contribution in [1.82, 2.24) is 9.97 Å². The van der Waals surface area contributed by atoms with Crippen molar-refractivity contribution in [2.75, 3.05) is 10.6 Å². The van der Waals surface area contributed by atoms with E-state index in [1.165, 1.54) is 18.5 Å². The lowest BCUT2D eigenvalue weighted by Gasteiger charge is -2.12. The number of aryl methyl sites for hydroxylation is 1. The molecule has 0 fully saturated rings. The third kappa shape index (κ3) is 4.48. The van der Waals surface area contributed by atoms with Crippen LogP contribution in [-0.4, -0.2) is 14.9 Å². The summed E-state index contributed by atoms with van der Waals surface area (Å²) in [5.74, 6) is -0.251. The summed E-state index contributed by atoms with van der Waals surface area (Å²) >= 11 is 6.00. The second-order valence-electron chi connectivity index (χ2n) is 5.74. The highest BCUT2D eigenvalue weighted by Gasteiger charge is 2.23. The molecule has 0 amide bonds. The lowest BCUT2D eigenvalue weighted by atomic mass is 10.2. The lowest BCUT2D eigenvalue weighted by Crippen LogP contribution is -2.08. The standard InChI is InChI=1S/C18H15ClFN5O2/c1-11-2-5-13(19)8-15(11)24-18-16(25(26)27)17(22-10-23-18)21-9-12-3-6-14(20)7-4-12/h2-8,10H,9H2,1H3,(H2,21,22,23,24). The van der Waals surface area contributed by atoms with Gasteiger partial charge in [0, 0.05) is 17.3 Å². The molecule has 9 heteroatoms. The van der Waals surface area contributed by atoms with Crippen molar-refractivity contribution in [3.8, 4) is 0 Å². The average Bonchev–Trinajstić information content (AvgIpc) is 2.64. The molecule has 0 atom stereocenters. The van der Waals surface area contributed by atoms with E-state index in [0.717, 1.165) is 11.1 Å². The minimum atomic E-state index is -0.560. The summed E-state index contributed by atoms with van der Waals surface area (Å²) in [6.45, 7) is 2.09. The van der Waals surface area contributed by atoms with Crippen LogP contribution in [0.15, 0.2) is 48.8 Å². The zero-order chi connectivity index (χ0) is 19.4. The fourth-order valence-electron chi connectivity index (χ4n) is 2.42. The first-order chi connectivity index (χ1) is 12.9. The highest BCUT2D eigenvalue weighted by atomic mass is 35.5. The number of nitro groups is 1. The summed E-state index contributed by atoms with van der Waals surface area (Å²) in [6, 6.07) is 11.0. The van der Waals surface area contributed by atoms with Crippen LogP contribution >= 0.6 is 11.6 Å². The van der Waals surface area contributed by atoms with Crippen molar-refractivity contribution in [2.24, 2.45) is 0 Å². The molecule has 0 radical (unpaired) electrons. The Morgan fingerprint density at radius 2 is 1.85 bits per heavy atom. The van der Waals surface area contributed by atoms with E-state index in [9.17, 15) is 14.5 Å². The van der Waals surface area contributed by atoms with Crippen molar-refractivity contribution in [1.29, 1.82) is 0 Å². The van der Waals surface area contributed by atoms with Crippen LogP contribution in [0, 0.1) is 22.9 Å². The molecule has 0 saturated heterocycles. The molecule has 0 unspecified atom stereocenters. The molecule has 2 N–H and O–H groups in total. The van der Waals surface area contributed by atoms with Crippen molar-refractivity contribution >= 4 is 34.6 Å². The van der Waals surface area contributed by atoms with Gasteiger partial charge < -0.3 is 10.6 Å². The van der Waals surface area contributed by atoms with Crippen LogP contribution in [0.4, 0.5) is 27.4 Å². The Balaban J connectivity index is 1.89. The molecular weight excluding hydrogens is 373 g/mol. The number of hydrogen-bond acceptors (Lipinski definition) is 6. The molecule has 138 valence electrons. The molecule has 0 saturated carbocycles. The molecule has 0 bridgehead atoms. The summed E-state index contributed by atoms with van der Waals surface area (Å²) in [5, 5.41) is 17.9. The number of anilines is 3. The number of nitrogens with one attached hydrogen (secondary N) is 2. The van der Waals surface area contributed by atoms with Gasteiger partial charge in [0.2, 0.25) is 11.6 Å². The molecular formula is C18H15ClFN5O2. The second kappa shape index (κ2) is 7.96. The van der Waals surface area contributed by atoms with E-state index in [0.29, 0.717) is 10.7 Å². The first-order valence-electron chi connectivity index (χ1n) is 7.95. The van der Waals surface area contributed by atoms with Crippen LogP contribution in [0.2, 0.25) is 5.02 Å². The van der Waals surface area contributed by atoms with Gasteiger partial charge in [-0.1, -0.05) is 29.8 Å². The number of rotatable bonds is 6. The van der Waals surface area contributed by atoms with E-state index >= 15 is 0 Å². The minimum Gasteiger partial charge on any atom is -0.360 e. The van der Waals surface area contributed by atoms with E-state index in [1.54, 1.807) is 30.3 Å². The van der Waals surface area contributed by atoms with E-state index in [4.69, 9.17) is 11.6 Å². The highest BCUT2D eigenvalue weighted by molar-refractivity contribution is 6.30. The second-order valence-corrected chi connectivity index (χ2v) is 6.18. The Labute approximate surface area is 159 Å². The Morgan fingerprint density at radius 1 is 1.15 bits per heavy atom. The SMILES string of the molecule is Cc1ccc(Cl)cc1Nc1ncnc(NCc2ccc(F)cc2)c1[N+](=O)[O-]. The molecule has 1 heterocycles. The molecule has 3 rings (SSSR count). The number of benzene rings is 2. The van der Waals surface area contributed by atoms with Crippen molar-refractivity contribution in [2.45, 2.75) is 13.5 Å². The van der Waals surface area contributed by atoms with Gasteiger partial charge in [0.15, 0.2) is 0 Å². The Morgan fingerprint density at radius 3 is 2.56 bits per heavy atom. The largest absolute Gasteiger partial charge is 0.360 e. The molecule has 2 aromatic carbocycles. The molecule has 0 aliphatic rings. The van der Waals surface area contributed by atoms with E-state index in [1.807, 2.05) is 6.92 Å². The van der Waals surface area contributed by atoms with Gasteiger partial charge in [-0.2, -0.15) is 0 Å². The van der Waals surface area contributed by atoms with Crippen LogP contribution in [0.3, 0.4) is 0 Å². The lowest BCUT2D eigenvalue weighted by molar-refractivity contribution is -0.383. The quantitative estimate of drug-likeness (QED) is 0.464. The van der Waals surface area contributed by atoms with Gasteiger partial charge in [-0.25, -0.2) is 14.4 Å². The predicted octanol–water partition coefficient (Wildman–Crippen LogP) is 4.84. The summed E-state index contributed by atoms with van der Waals surface area (Å²) in [5.41, 5.74) is 1.92. The van der Waals surface area contributed by atoms with Crippen LogP contribution in [0.25, 0.3) is 0 Å². The van der Waals surface area contributed by atoms with Gasteiger partial charge >= 0.3 is 5.69 Å². The first-order valence-corrected chi connectivity index (χ1v) is 8.32. The first kappa shape index (κ1) is 18.5. The number of halogens is 2. The third-order valence-corrected chi connectivity index (χ3v) is 4.07. The minimum absolute atomic E-state index is 0.0435. The van der Waals surface area contributed by atoms with Crippen LogP contribution in [-0.2, 0) is 6.54 Å². The average molecular weight is 388 g/mol. The maximum Gasteiger partial charge on any atom is 0.353 e. The van der Waals surface area contributed by atoms with Gasteiger partial charge in [0.1, 0.15) is 12.1 Å². The molecule has 7 nitrogen and oxygen atoms in total. The Hall–Kier alpha value is -3.26. The molecule has 0 aliphatic heterocycles. The number of aromatic nitrogens is 2. The van der Waals surface area contributed by atoms with Crippen LogP contribution < -0.4 is 10.6 Å². The third-order valence-electron chi connectivity index (χ3n) is 3.83. The Bertz CT molecular complexity index is 982. The summed E-state index contributed by atoms with van der Waals surface area (Å²) in [7, 11) is 0. The zero-order valence-corrected chi connectivity index (χ0v) is 15.0.